The summed E-state index contributed by atoms with van der Waals surface area (Å²) in [6, 6.07) is 5.31. The Morgan fingerprint density at radius 3 is 2.56 bits per heavy atom. The van der Waals surface area contributed by atoms with Crippen molar-refractivity contribution in [3.05, 3.63) is 35.7 Å². The van der Waals surface area contributed by atoms with Gasteiger partial charge in [0.1, 0.15) is 5.75 Å². The molecule has 0 aliphatic carbocycles. The Kier molecular flexibility index (Phi) is 3.93. The van der Waals surface area contributed by atoms with Crippen LogP contribution in [0.25, 0.3) is 6.08 Å². The lowest BCUT2D eigenvalue weighted by atomic mass is 10.2. The minimum absolute atomic E-state index is 0.0669. The molecule has 1 aromatic carbocycles. The monoisotopic (exact) mass is 232 g/mol. The van der Waals surface area contributed by atoms with Crippen LogP contribution in [0.5, 0.6) is 5.75 Å². The first-order valence-electron chi connectivity index (χ1n) is 4.15. The van der Waals surface area contributed by atoms with E-state index in [9.17, 15) is 18.0 Å². The van der Waals surface area contributed by atoms with Crippen LogP contribution in [-0.4, -0.2) is 17.7 Å². The number of alkyl halides is 2. The van der Waals surface area contributed by atoms with Gasteiger partial charge in [0.05, 0.1) is 0 Å². The zero-order chi connectivity index (χ0) is 12.1. The SMILES string of the molecule is O=C(O)C(F)=Cc1ccccc1OC(F)F. The van der Waals surface area contributed by atoms with Crippen LogP contribution in [0, 0.1) is 0 Å². The molecule has 0 spiro atoms. The minimum Gasteiger partial charge on any atom is -0.476 e. The maximum Gasteiger partial charge on any atom is 0.387 e. The molecule has 86 valence electrons. The molecule has 16 heavy (non-hydrogen) atoms. The molecule has 0 saturated carbocycles. The molecule has 1 rings (SSSR count). The molecule has 0 aromatic heterocycles. The molecular formula is C10H7F3O3. The van der Waals surface area contributed by atoms with Crippen LogP contribution in [0.15, 0.2) is 30.1 Å². The van der Waals surface area contributed by atoms with Gasteiger partial charge in [-0.2, -0.15) is 13.2 Å². The van der Waals surface area contributed by atoms with Crippen LogP contribution in [0.4, 0.5) is 13.2 Å². The Bertz CT molecular complexity index is 416. The maximum atomic E-state index is 12.7. The summed E-state index contributed by atoms with van der Waals surface area (Å²) < 4.78 is 40.7. The number of hydrogen-bond donors (Lipinski definition) is 1. The molecule has 0 unspecified atom stereocenters. The van der Waals surface area contributed by atoms with Gasteiger partial charge in [-0.25, -0.2) is 4.79 Å². The van der Waals surface area contributed by atoms with Gasteiger partial charge in [-0.1, -0.05) is 18.2 Å². The molecule has 0 fully saturated rings. The number of benzene rings is 1. The van der Waals surface area contributed by atoms with Crippen molar-refractivity contribution >= 4 is 12.0 Å². The summed E-state index contributed by atoms with van der Waals surface area (Å²) in [5.41, 5.74) is -0.0669. The number of hydrogen-bond acceptors (Lipinski definition) is 2. The van der Waals surface area contributed by atoms with Crippen LogP contribution in [0.2, 0.25) is 0 Å². The number of aliphatic carboxylic acids is 1. The van der Waals surface area contributed by atoms with Crippen molar-refractivity contribution in [2.24, 2.45) is 0 Å². The fraction of sp³-hybridized carbons (Fsp3) is 0.100. The second-order valence-corrected chi connectivity index (χ2v) is 2.71. The number of carbonyl (C=O) groups is 1. The zero-order valence-corrected chi connectivity index (χ0v) is 7.86. The number of carboxylic acids is 1. The van der Waals surface area contributed by atoms with Crippen LogP contribution < -0.4 is 4.74 Å². The first kappa shape index (κ1) is 12.1. The molecule has 0 heterocycles. The molecule has 0 radical (unpaired) electrons. The Morgan fingerprint density at radius 2 is 2.00 bits per heavy atom. The third kappa shape index (κ3) is 3.30. The maximum absolute atomic E-state index is 12.7. The molecule has 6 heteroatoms. The standard InChI is InChI=1S/C10H7F3O3/c11-7(9(14)15)5-6-3-1-2-4-8(6)16-10(12)13/h1-5,10H,(H,14,15). The molecule has 1 aromatic rings. The molecule has 0 amide bonds. The van der Waals surface area contributed by atoms with E-state index >= 15 is 0 Å². The number of carboxylic acid groups (broad SMARTS) is 1. The number of halogens is 3. The van der Waals surface area contributed by atoms with E-state index in [0.717, 1.165) is 0 Å². The number of para-hydroxylation sites is 1. The summed E-state index contributed by atoms with van der Waals surface area (Å²) in [5.74, 6) is -3.51. The van der Waals surface area contributed by atoms with Gasteiger partial charge >= 0.3 is 12.6 Å². The number of ether oxygens (including phenoxy) is 1. The molecule has 3 nitrogen and oxygen atoms in total. The Labute approximate surface area is 88.8 Å². The van der Waals surface area contributed by atoms with E-state index in [0.29, 0.717) is 6.08 Å². The average Bonchev–Trinajstić information content (AvgIpc) is 2.20. The highest BCUT2D eigenvalue weighted by atomic mass is 19.3. The lowest BCUT2D eigenvalue weighted by Gasteiger charge is -2.07. The molecular weight excluding hydrogens is 225 g/mol. The molecule has 0 bridgehead atoms. The second-order valence-electron chi connectivity index (χ2n) is 2.71. The van der Waals surface area contributed by atoms with Gasteiger partial charge in [-0.15, -0.1) is 0 Å². The Morgan fingerprint density at radius 1 is 1.38 bits per heavy atom. The normalized spacial score (nSPS) is 11.6. The van der Waals surface area contributed by atoms with Crippen molar-refractivity contribution in [1.29, 1.82) is 0 Å². The zero-order valence-electron chi connectivity index (χ0n) is 7.86. The first-order valence-corrected chi connectivity index (χ1v) is 4.15. The molecule has 0 aliphatic rings. The van der Waals surface area contributed by atoms with E-state index in [1.54, 1.807) is 0 Å². The highest BCUT2D eigenvalue weighted by Gasteiger charge is 2.10. The van der Waals surface area contributed by atoms with Gasteiger partial charge in [-0.3, -0.25) is 0 Å². The van der Waals surface area contributed by atoms with Crippen LogP contribution >= 0.6 is 0 Å². The minimum atomic E-state index is -3.05. The first-order chi connectivity index (χ1) is 7.50. The van der Waals surface area contributed by atoms with Crippen molar-refractivity contribution < 1.29 is 27.8 Å². The van der Waals surface area contributed by atoms with Gasteiger partial charge in [-0.05, 0) is 12.1 Å². The van der Waals surface area contributed by atoms with Gasteiger partial charge in [0.25, 0.3) is 0 Å². The summed E-state index contributed by atoms with van der Waals surface area (Å²) in [6.07, 6.45) is 0.611. The summed E-state index contributed by atoms with van der Waals surface area (Å²) in [4.78, 5) is 10.2. The van der Waals surface area contributed by atoms with Crippen molar-refractivity contribution in [3.8, 4) is 5.75 Å². The van der Waals surface area contributed by atoms with Crippen molar-refractivity contribution in [2.45, 2.75) is 6.61 Å². The van der Waals surface area contributed by atoms with Gasteiger partial charge in [0.15, 0.2) is 0 Å². The van der Waals surface area contributed by atoms with Crippen LogP contribution in [0.3, 0.4) is 0 Å². The van der Waals surface area contributed by atoms with E-state index in [2.05, 4.69) is 4.74 Å². The van der Waals surface area contributed by atoms with Gasteiger partial charge in [0, 0.05) is 5.56 Å². The lowest BCUT2D eigenvalue weighted by molar-refractivity contribution is -0.134. The van der Waals surface area contributed by atoms with E-state index in [4.69, 9.17) is 5.11 Å². The number of rotatable bonds is 4. The highest BCUT2D eigenvalue weighted by Crippen LogP contribution is 2.23. The van der Waals surface area contributed by atoms with E-state index in [1.165, 1.54) is 24.3 Å². The van der Waals surface area contributed by atoms with E-state index in [-0.39, 0.29) is 11.3 Å². The second kappa shape index (κ2) is 5.20. The Balaban J connectivity index is 3.04. The third-order valence-corrected chi connectivity index (χ3v) is 1.62. The predicted octanol–water partition coefficient (Wildman–Crippen LogP) is 2.68. The van der Waals surface area contributed by atoms with Gasteiger partial charge in [0.2, 0.25) is 5.83 Å². The Hall–Kier alpha value is -1.98. The smallest absolute Gasteiger partial charge is 0.387 e. The summed E-state index contributed by atoms with van der Waals surface area (Å²) >= 11 is 0. The van der Waals surface area contributed by atoms with Crippen molar-refractivity contribution in [1.82, 2.24) is 0 Å². The van der Waals surface area contributed by atoms with E-state index in [1.807, 2.05) is 0 Å². The third-order valence-electron chi connectivity index (χ3n) is 1.62. The van der Waals surface area contributed by atoms with Crippen LogP contribution in [0.1, 0.15) is 5.56 Å². The highest BCUT2D eigenvalue weighted by molar-refractivity contribution is 5.90. The average molecular weight is 232 g/mol. The fourth-order valence-electron chi connectivity index (χ4n) is 1.00. The molecule has 0 aliphatic heterocycles. The quantitative estimate of drug-likeness (QED) is 0.812. The molecule has 0 atom stereocenters. The fourth-order valence-corrected chi connectivity index (χ4v) is 1.00. The van der Waals surface area contributed by atoms with Crippen LogP contribution in [-0.2, 0) is 4.79 Å². The largest absolute Gasteiger partial charge is 0.476 e. The van der Waals surface area contributed by atoms with Crippen molar-refractivity contribution in [3.63, 3.8) is 0 Å². The lowest BCUT2D eigenvalue weighted by Crippen LogP contribution is -2.03. The predicted molar refractivity (Wildman–Crippen MR) is 49.8 cm³/mol. The molecule has 1 N–H and O–H groups in total. The summed E-state index contributed by atoms with van der Waals surface area (Å²) in [7, 11) is 0. The summed E-state index contributed by atoms with van der Waals surface area (Å²) in [5, 5.41) is 8.28. The van der Waals surface area contributed by atoms with E-state index < -0.39 is 18.4 Å². The topological polar surface area (TPSA) is 46.5 Å². The van der Waals surface area contributed by atoms with Gasteiger partial charge < -0.3 is 9.84 Å². The summed E-state index contributed by atoms with van der Waals surface area (Å²) in [6.45, 7) is -3.05. The van der Waals surface area contributed by atoms with Crippen molar-refractivity contribution in [2.75, 3.05) is 0 Å². The molecule has 0 saturated heterocycles.